The van der Waals surface area contributed by atoms with Gasteiger partial charge in [-0.1, -0.05) is 57.5 Å². The van der Waals surface area contributed by atoms with Gasteiger partial charge < -0.3 is 5.32 Å². The summed E-state index contributed by atoms with van der Waals surface area (Å²) < 4.78 is 0. The highest BCUT2D eigenvalue weighted by Gasteiger charge is 2.02. The third-order valence-electron chi connectivity index (χ3n) is 3.30. The van der Waals surface area contributed by atoms with Crippen molar-refractivity contribution in [1.29, 1.82) is 0 Å². The minimum atomic E-state index is 0.760. The number of hydrogen-bond acceptors (Lipinski definition) is 1. The van der Waals surface area contributed by atoms with E-state index in [4.69, 9.17) is 0 Å². The first kappa shape index (κ1) is 15.2. The van der Waals surface area contributed by atoms with E-state index in [1.54, 1.807) is 0 Å². The monoisotopic (exact) mass is 247 g/mol. The summed E-state index contributed by atoms with van der Waals surface area (Å²) in [5.41, 5.74) is 1.48. The summed E-state index contributed by atoms with van der Waals surface area (Å²) in [5.74, 6) is 1.56. The highest BCUT2D eigenvalue weighted by atomic mass is 14.9. The molecule has 0 saturated carbocycles. The molecule has 0 aliphatic rings. The number of nitrogens with one attached hydrogen (secondary N) is 1. The Bertz CT molecular complexity index is 292. The molecule has 1 rings (SSSR count). The van der Waals surface area contributed by atoms with E-state index in [1.807, 2.05) is 0 Å². The van der Waals surface area contributed by atoms with Crippen LogP contribution in [0.3, 0.4) is 0 Å². The van der Waals surface area contributed by atoms with E-state index in [2.05, 4.69) is 56.4 Å². The largest absolute Gasteiger partial charge is 0.316 e. The van der Waals surface area contributed by atoms with Gasteiger partial charge in [0.05, 0.1) is 0 Å². The molecule has 0 amide bonds. The Kier molecular flexibility index (Phi) is 7.75. The summed E-state index contributed by atoms with van der Waals surface area (Å²) in [6.07, 6.45) is 5.24. The molecule has 1 N–H and O–H groups in total. The molecular weight excluding hydrogens is 218 g/mol. The normalized spacial score (nSPS) is 12.9. The molecule has 1 unspecified atom stereocenters. The Morgan fingerprint density at radius 3 is 2.33 bits per heavy atom. The molecule has 0 aliphatic heterocycles. The second-order valence-electron chi connectivity index (χ2n) is 5.89. The predicted octanol–water partition coefficient (Wildman–Crippen LogP) is 4.28. The van der Waals surface area contributed by atoms with Crippen LogP contribution in [0.25, 0.3) is 0 Å². The van der Waals surface area contributed by atoms with Crippen LogP contribution in [-0.2, 0) is 6.42 Å². The summed E-state index contributed by atoms with van der Waals surface area (Å²) >= 11 is 0. The average Bonchev–Trinajstić information content (AvgIpc) is 2.35. The Morgan fingerprint density at radius 2 is 1.67 bits per heavy atom. The van der Waals surface area contributed by atoms with Gasteiger partial charge in [0, 0.05) is 0 Å². The Balaban J connectivity index is 2.00. The molecule has 18 heavy (non-hydrogen) atoms. The lowest BCUT2D eigenvalue weighted by Gasteiger charge is -2.13. The highest BCUT2D eigenvalue weighted by Crippen LogP contribution is 2.10. The van der Waals surface area contributed by atoms with Gasteiger partial charge in [0.2, 0.25) is 0 Å². The van der Waals surface area contributed by atoms with E-state index in [-0.39, 0.29) is 0 Å². The molecule has 0 spiro atoms. The average molecular weight is 247 g/mol. The maximum atomic E-state index is 3.54. The lowest BCUT2D eigenvalue weighted by Crippen LogP contribution is -2.25. The zero-order valence-electron chi connectivity index (χ0n) is 12.3. The first-order valence-corrected chi connectivity index (χ1v) is 7.43. The fraction of sp³-hybridized carbons (Fsp3) is 0.647. The molecule has 0 heterocycles. The van der Waals surface area contributed by atoms with Gasteiger partial charge in [-0.3, -0.25) is 0 Å². The number of unbranched alkanes of at least 4 members (excludes halogenated alkanes) is 1. The molecule has 102 valence electrons. The van der Waals surface area contributed by atoms with Crippen LogP contribution in [0.2, 0.25) is 0 Å². The van der Waals surface area contributed by atoms with Crippen LogP contribution in [-0.4, -0.2) is 13.1 Å². The summed E-state index contributed by atoms with van der Waals surface area (Å²) in [5, 5.41) is 3.54. The Hall–Kier alpha value is -0.820. The fourth-order valence-electron chi connectivity index (χ4n) is 2.19. The van der Waals surface area contributed by atoms with E-state index < -0.39 is 0 Å². The lowest BCUT2D eigenvalue weighted by atomic mass is 10.0. The van der Waals surface area contributed by atoms with Gasteiger partial charge in [0.25, 0.3) is 0 Å². The topological polar surface area (TPSA) is 12.0 Å². The second kappa shape index (κ2) is 9.16. The summed E-state index contributed by atoms with van der Waals surface area (Å²) in [7, 11) is 0. The van der Waals surface area contributed by atoms with Gasteiger partial charge in [-0.2, -0.15) is 0 Å². The molecule has 1 heteroatoms. The van der Waals surface area contributed by atoms with Crippen LogP contribution >= 0.6 is 0 Å². The zero-order chi connectivity index (χ0) is 13.2. The van der Waals surface area contributed by atoms with Crippen LogP contribution in [0, 0.1) is 11.8 Å². The van der Waals surface area contributed by atoms with Crippen molar-refractivity contribution in [1.82, 2.24) is 5.32 Å². The quantitative estimate of drug-likeness (QED) is 0.642. The van der Waals surface area contributed by atoms with E-state index in [0.717, 1.165) is 18.4 Å². The smallest absolute Gasteiger partial charge is 0.00230 e. The third-order valence-corrected chi connectivity index (χ3v) is 3.30. The molecule has 0 aromatic heterocycles. The van der Waals surface area contributed by atoms with Crippen LogP contribution < -0.4 is 5.32 Å². The van der Waals surface area contributed by atoms with Crippen molar-refractivity contribution in [2.75, 3.05) is 13.1 Å². The number of rotatable bonds is 9. The van der Waals surface area contributed by atoms with E-state index in [0.29, 0.717) is 0 Å². The molecular formula is C17H29N. The molecule has 0 bridgehead atoms. The molecule has 1 aromatic rings. The third kappa shape index (κ3) is 7.50. The fourth-order valence-corrected chi connectivity index (χ4v) is 2.19. The van der Waals surface area contributed by atoms with Crippen molar-refractivity contribution in [3.63, 3.8) is 0 Å². The molecule has 0 saturated heterocycles. The van der Waals surface area contributed by atoms with Crippen LogP contribution in [0.1, 0.15) is 45.6 Å². The van der Waals surface area contributed by atoms with Gasteiger partial charge in [0.1, 0.15) is 0 Å². The van der Waals surface area contributed by atoms with Crippen molar-refractivity contribution < 1.29 is 0 Å². The molecule has 0 fully saturated rings. The Labute approximate surface area is 113 Å². The summed E-state index contributed by atoms with van der Waals surface area (Å²) in [6.45, 7) is 9.20. The minimum absolute atomic E-state index is 0.760. The van der Waals surface area contributed by atoms with E-state index >= 15 is 0 Å². The molecule has 1 aromatic carbocycles. The summed E-state index contributed by atoms with van der Waals surface area (Å²) in [6, 6.07) is 10.8. The zero-order valence-corrected chi connectivity index (χ0v) is 12.3. The van der Waals surface area contributed by atoms with Crippen molar-refractivity contribution in [3.8, 4) is 0 Å². The maximum absolute atomic E-state index is 3.54. The molecule has 0 aliphatic carbocycles. The second-order valence-corrected chi connectivity index (χ2v) is 5.89. The van der Waals surface area contributed by atoms with Crippen LogP contribution in [0.5, 0.6) is 0 Å². The standard InChI is InChI=1S/C17H29N/c1-15(2)13-18-14-16(3)9-7-8-12-17-10-5-4-6-11-17/h4-6,10-11,15-16,18H,7-9,12-14H2,1-3H3. The van der Waals surface area contributed by atoms with E-state index in [9.17, 15) is 0 Å². The number of aryl methyl sites for hydroxylation is 1. The molecule has 0 radical (unpaired) electrons. The summed E-state index contributed by atoms with van der Waals surface area (Å²) in [4.78, 5) is 0. The van der Waals surface area contributed by atoms with Gasteiger partial charge in [0.15, 0.2) is 0 Å². The number of hydrogen-bond donors (Lipinski definition) is 1. The first-order chi connectivity index (χ1) is 8.68. The minimum Gasteiger partial charge on any atom is -0.316 e. The Morgan fingerprint density at radius 1 is 0.944 bits per heavy atom. The molecule has 1 nitrogen and oxygen atoms in total. The van der Waals surface area contributed by atoms with Crippen molar-refractivity contribution in [2.24, 2.45) is 11.8 Å². The number of benzene rings is 1. The van der Waals surface area contributed by atoms with Crippen LogP contribution in [0.4, 0.5) is 0 Å². The van der Waals surface area contributed by atoms with Crippen molar-refractivity contribution in [3.05, 3.63) is 35.9 Å². The predicted molar refractivity (Wildman–Crippen MR) is 80.9 cm³/mol. The SMILES string of the molecule is CC(C)CNCC(C)CCCCc1ccccc1. The highest BCUT2D eigenvalue weighted by molar-refractivity contribution is 5.14. The molecule has 1 atom stereocenters. The van der Waals surface area contributed by atoms with Crippen molar-refractivity contribution in [2.45, 2.75) is 46.5 Å². The van der Waals surface area contributed by atoms with Gasteiger partial charge in [-0.15, -0.1) is 0 Å². The first-order valence-electron chi connectivity index (χ1n) is 7.43. The lowest BCUT2D eigenvalue weighted by molar-refractivity contribution is 0.439. The van der Waals surface area contributed by atoms with Crippen molar-refractivity contribution >= 4 is 0 Å². The maximum Gasteiger partial charge on any atom is -0.00230 e. The van der Waals surface area contributed by atoms with Gasteiger partial charge >= 0.3 is 0 Å². The van der Waals surface area contributed by atoms with Gasteiger partial charge in [-0.05, 0) is 49.8 Å². The van der Waals surface area contributed by atoms with Crippen LogP contribution in [0.15, 0.2) is 30.3 Å². The van der Waals surface area contributed by atoms with Gasteiger partial charge in [-0.25, -0.2) is 0 Å². The van der Waals surface area contributed by atoms with E-state index in [1.165, 1.54) is 37.8 Å².